The molecule has 5 atom stereocenters. The Hall–Kier alpha value is -4.13. The zero-order valence-corrected chi connectivity index (χ0v) is 20.6. The first-order chi connectivity index (χ1) is 17.7. The van der Waals surface area contributed by atoms with Crippen LogP contribution in [0.25, 0.3) is 0 Å². The van der Waals surface area contributed by atoms with Gasteiger partial charge >= 0.3 is 6.09 Å². The summed E-state index contributed by atoms with van der Waals surface area (Å²) in [6, 6.07) is -1.20. The number of alkyl carbamates (subject to hydrolysis) is 1. The summed E-state index contributed by atoms with van der Waals surface area (Å²) in [4.78, 5) is 51.6. The zero-order valence-electron chi connectivity index (χ0n) is 20.6. The molecule has 4 rings (SSSR count). The summed E-state index contributed by atoms with van der Waals surface area (Å²) in [7, 11) is 1.24. The largest absolute Gasteiger partial charge is 0.453 e. The summed E-state index contributed by atoms with van der Waals surface area (Å²) in [6.45, 7) is 1.97. The van der Waals surface area contributed by atoms with E-state index in [9.17, 15) is 23.6 Å². The SMILES string of the molecule is COC(=O)NC1C[C@H](C(=O)NC2C=CC(C)=CC2)[C@H](C(=O)NC2=CCC(N3C=C=C=CC3=O)C=C2F)C1. The van der Waals surface area contributed by atoms with Crippen molar-refractivity contribution in [2.45, 2.75) is 50.7 Å². The molecular formula is C27H29FN4O5. The Morgan fingerprint density at radius 3 is 2.49 bits per heavy atom. The first kappa shape index (κ1) is 25.9. The quantitative estimate of drug-likeness (QED) is 0.477. The Bertz CT molecular complexity index is 1220. The lowest BCUT2D eigenvalue weighted by Gasteiger charge is -2.28. The van der Waals surface area contributed by atoms with E-state index in [0.717, 1.165) is 5.57 Å². The molecule has 37 heavy (non-hydrogen) atoms. The van der Waals surface area contributed by atoms with Gasteiger partial charge in [-0.05, 0) is 38.7 Å². The summed E-state index contributed by atoms with van der Waals surface area (Å²) in [5, 5.41) is 8.24. The van der Waals surface area contributed by atoms with Crippen molar-refractivity contribution in [1.82, 2.24) is 20.9 Å². The lowest BCUT2D eigenvalue weighted by Crippen LogP contribution is -2.43. The fourth-order valence-electron chi connectivity index (χ4n) is 4.89. The second-order valence-electron chi connectivity index (χ2n) is 9.41. The van der Waals surface area contributed by atoms with Crippen molar-refractivity contribution in [2.75, 3.05) is 7.11 Å². The second kappa shape index (κ2) is 11.3. The van der Waals surface area contributed by atoms with Crippen molar-refractivity contribution in [3.63, 3.8) is 0 Å². The Kier molecular flexibility index (Phi) is 7.92. The number of amides is 4. The molecule has 1 heterocycles. The predicted octanol–water partition coefficient (Wildman–Crippen LogP) is 2.42. The third kappa shape index (κ3) is 6.17. The van der Waals surface area contributed by atoms with E-state index in [1.807, 2.05) is 25.2 Å². The summed E-state index contributed by atoms with van der Waals surface area (Å²) in [6.07, 6.45) is 12.0. The highest BCUT2D eigenvalue weighted by atomic mass is 19.1. The molecule has 9 nitrogen and oxygen atoms in total. The standard InChI is InChI=1S/C27H29FN4O5/c1-16-6-8-17(9-7-16)29-25(34)20-13-18(30-27(36)37-2)14-21(20)26(35)31-23-11-10-19(15-22(23)28)32-12-4-3-5-24(32)33/h5-8,11-12,15,17-21H,9-10,13-14H2,1-2H3,(H,29,34)(H,30,36)(H,31,35)/t17?,18?,19?,20-,21+/m0/s1. The van der Waals surface area contributed by atoms with Crippen molar-refractivity contribution in [1.29, 1.82) is 0 Å². The van der Waals surface area contributed by atoms with Gasteiger partial charge in [-0.25, -0.2) is 9.18 Å². The lowest BCUT2D eigenvalue weighted by atomic mass is 9.93. The maximum absolute atomic E-state index is 14.9. The number of hydrogen-bond acceptors (Lipinski definition) is 5. The number of carbonyl (C=O) groups is 4. The Labute approximate surface area is 214 Å². The molecule has 3 N–H and O–H groups in total. The topological polar surface area (TPSA) is 117 Å². The van der Waals surface area contributed by atoms with Crippen LogP contribution in [-0.2, 0) is 19.1 Å². The normalized spacial score (nSPS) is 28.3. The van der Waals surface area contributed by atoms with Crippen LogP contribution in [0.1, 0.15) is 32.6 Å². The minimum absolute atomic E-state index is 0.0138. The van der Waals surface area contributed by atoms with Gasteiger partial charge in [-0.2, -0.15) is 0 Å². The van der Waals surface area contributed by atoms with Crippen LogP contribution in [0.3, 0.4) is 0 Å². The number of ether oxygens (including phenoxy) is 1. The summed E-state index contributed by atoms with van der Waals surface area (Å²) in [5.74, 6) is -3.35. The number of hydrogen-bond donors (Lipinski definition) is 3. The summed E-state index contributed by atoms with van der Waals surface area (Å²) < 4.78 is 19.6. The molecule has 1 aliphatic heterocycles. The van der Waals surface area contributed by atoms with E-state index < -0.39 is 41.7 Å². The van der Waals surface area contributed by atoms with Crippen LogP contribution in [-0.4, -0.2) is 54.0 Å². The van der Waals surface area contributed by atoms with Gasteiger partial charge in [-0.1, -0.05) is 41.3 Å². The molecule has 3 unspecified atom stereocenters. The van der Waals surface area contributed by atoms with E-state index in [2.05, 4.69) is 32.1 Å². The number of allylic oxidation sites excluding steroid dienone is 3. The molecule has 0 aromatic rings. The monoisotopic (exact) mass is 508 g/mol. The van der Waals surface area contributed by atoms with Crippen LogP contribution in [0, 0.1) is 11.8 Å². The molecule has 194 valence electrons. The molecule has 3 aliphatic carbocycles. The number of rotatable bonds is 6. The highest BCUT2D eigenvalue weighted by Gasteiger charge is 2.44. The van der Waals surface area contributed by atoms with E-state index in [4.69, 9.17) is 0 Å². The molecule has 0 saturated heterocycles. The number of nitrogens with one attached hydrogen (secondary N) is 3. The van der Waals surface area contributed by atoms with Crippen molar-refractivity contribution in [3.8, 4) is 0 Å². The maximum Gasteiger partial charge on any atom is 0.407 e. The van der Waals surface area contributed by atoms with Crippen LogP contribution in [0.15, 0.2) is 71.2 Å². The Balaban J connectivity index is 1.43. The third-order valence-corrected chi connectivity index (χ3v) is 6.87. The van der Waals surface area contributed by atoms with Gasteiger partial charge in [0, 0.05) is 6.04 Å². The summed E-state index contributed by atoms with van der Waals surface area (Å²) in [5.41, 5.74) is 6.33. The second-order valence-corrected chi connectivity index (χ2v) is 9.41. The Morgan fingerprint density at radius 2 is 1.84 bits per heavy atom. The third-order valence-electron chi connectivity index (χ3n) is 6.87. The number of carbonyl (C=O) groups excluding carboxylic acids is 4. The molecule has 1 fully saturated rings. The first-order valence-corrected chi connectivity index (χ1v) is 12.1. The first-order valence-electron chi connectivity index (χ1n) is 12.1. The Morgan fingerprint density at radius 1 is 1.08 bits per heavy atom. The molecule has 4 amide bonds. The van der Waals surface area contributed by atoms with E-state index in [-0.39, 0.29) is 42.8 Å². The smallest absolute Gasteiger partial charge is 0.407 e. The van der Waals surface area contributed by atoms with E-state index in [1.165, 1.54) is 36.4 Å². The molecule has 0 aromatic carbocycles. The number of methoxy groups -OCH3 is 1. The molecule has 1 saturated carbocycles. The van der Waals surface area contributed by atoms with Gasteiger partial charge in [-0.15, -0.1) is 0 Å². The van der Waals surface area contributed by atoms with Crippen LogP contribution in [0.4, 0.5) is 9.18 Å². The minimum Gasteiger partial charge on any atom is -0.453 e. The highest BCUT2D eigenvalue weighted by molar-refractivity contribution is 5.90. The number of halogens is 1. The van der Waals surface area contributed by atoms with Crippen molar-refractivity contribution in [3.05, 3.63) is 71.2 Å². The average molecular weight is 509 g/mol. The molecule has 0 aromatic heterocycles. The highest BCUT2D eigenvalue weighted by Crippen LogP contribution is 2.34. The maximum atomic E-state index is 14.9. The van der Waals surface area contributed by atoms with Crippen LogP contribution >= 0.6 is 0 Å². The molecule has 0 bridgehead atoms. The van der Waals surface area contributed by atoms with Gasteiger partial charge in [0.2, 0.25) is 11.8 Å². The molecular weight excluding hydrogens is 479 g/mol. The van der Waals surface area contributed by atoms with Gasteiger partial charge in [0.25, 0.3) is 5.91 Å². The molecule has 4 aliphatic rings. The molecule has 0 radical (unpaired) electrons. The van der Waals surface area contributed by atoms with Crippen molar-refractivity contribution in [2.24, 2.45) is 11.8 Å². The zero-order chi connectivity index (χ0) is 26.5. The van der Waals surface area contributed by atoms with Crippen molar-refractivity contribution >= 4 is 23.8 Å². The summed E-state index contributed by atoms with van der Waals surface area (Å²) >= 11 is 0. The van der Waals surface area contributed by atoms with Gasteiger partial charge < -0.3 is 20.7 Å². The minimum atomic E-state index is -0.791. The van der Waals surface area contributed by atoms with Gasteiger partial charge in [0.05, 0.1) is 49.0 Å². The average Bonchev–Trinajstić information content (AvgIpc) is 3.31. The predicted molar refractivity (Wildman–Crippen MR) is 132 cm³/mol. The van der Waals surface area contributed by atoms with Gasteiger partial charge in [0.15, 0.2) is 0 Å². The fourth-order valence-corrected chi connectivity index (χ4v) is 4.89. The van der Waals surface area contributed by atoms with Gasteiger partial charge in [-0.3, -0.25) is 19.3 Å². The van der Waals surface area contributed by atoms with Crippen LogP contribution in [0.5, 0.6) is 0 Å². The van der Waals surface area contributed by atoms with Crippen molar-refractivity contribution < 1.29 is 28.3 Å². The van der Waals surface area contributed by atoms with E-state index in [1.54, 1.807) is 0 Å². The van der Waals surface area contributed by atoms with Crippen LogP contribution in [0.2, 0.25) is 0 Å². The van der Waals surface area contributed by atoms with Gasteiger partial charge in [0.1, 0.15) is 5.83 Å². The fraction of sp³-hybridized carbons (Fsp3) is 0.407. The van der Waals surface area contributed by atoms with E-state index in [0.29, 0.717) is 6.42 Å². The molecule has 0 spiro atoms. The van der Waals surface area contributed by atoms with Crippen LogP contribution < -0.4 is 16.0 Å². The molecule has 10 heteroatoms. The number of nitrogens with zero attached hydrogens (tertiary/aromatic N) is 1. The van der Waals surface area contributed by atoms with E-state index >= 15 is 0 Å². The lowest BCUT2D eigenvalue weighted by molar-refractivity contribution is -0.133.